The minimum absolute atomic E-state index is 0.310. The molecule has 102 valence electrons. The van der Waals surface area contributed by atoms with Crippen LogP contribution in [-0.4, -0.2) is 40.5 Å². The highest BCUT2D eigenvalue weighted by molar-refractivity contribution is 7.89. The van der Waals surface area contributed by atoms with Crippen LogP contribution in [0.2, 0.25) is 0 Å². The molecule has 5 heteroatoms. The number of hydrogen-bond donors (Lipinski definition) is 1. The Balaban J connectivity index is 2.22. The summed E-state index contributed by atoms with van der Waals surface area (Å²) in [7, 11) is 0.390. The Labute approximate surface area is 114 Å². The molecule has 0 saturated heterocycles. The molecule has 19 heavy (non-hydrogen) atoms. The Morgan fingerprint density at radius 2 is 1.74 bits per heavy atom. The summed E-state index contributed by atoms with van der Waals surface area (Å²) in [4.78, 5) is 2.24. The second-order valence-corrected chi connectivity index (χ2v) is 6.48. The molecule has 0 amide bonds. The van der Waals surface area contributed by atoms with Gasteiger partial charge in [0.1, 0.15) is 0 Å². The van der Waals surface area contributed by atoms with Crippen LogP contribution in [0.5, 0.6) is 0 Å². The van der Waals surface area contributed by atoms with E-state index in [4.69, 9.17) is 0 Å². The van der Waals surface area contributed by atoms with Gasteiger partial charge in [0.15, 0.2) is 0 Å². The lowest BCUT2D eigenvalue weighted by Gasteiger charge is -2.11. The quantitative estimate of drug-likeness (QED) is 0.905. The summed E-state index contributed by atoms with van der Waals surface area (Å²) in [5.74, 6) is 0. The Hall–Kier alpha value is -1.43. The molecule has 0 aliphatic carbocycles. The standard InChI is InChI=1S/C14H18N2O2S/c1-16(2)10-9-15-19(17,18)14-8-7-12-5-3-4-6-13(12)11-14/h3-8,11,15H,9-10H2,1-2H3. The van der Waals surface area contributed by atoms with Gasteiger partial charge in [-0.15, -0.1) is 0 Å². The molecular formula is C14H18N2O2S. The topological polar surface area (TPSA) is 49.4 Å². The first kappa shape index (κ1) is 14.0. The van der Waals surface area contributed by atoms with Crippen molar-refractivity contribution < 1.29 is 8.42 Å². The Bertz CT molecular complexity index is 666. The first-order chi connectivity index (χ1) is 8.99. The van der Waals surface area contributed by atoms with Crippen molar-refractivity contribution in [2.24, 2.45) is 0 Å². The Kier molecular flexibility index (Phi) is 4.19. The summed E-state index contributed by atoms with van der Waals surface area (Å²) in [6.07, 6.45) is 0. The van der Waals surface area contributed by atoms with E-state index >= 15 is 0 Å². The summed E-state index contributed by atoms with van der Waals surface area (Å²) in [6, 6.07) is 12.9. The maximum absolute atomic E-state index is 12.1. The zero-order chi connectivity index (χ0) is 13.9. The van der Waals surface area contributed by atoms with E-state index < -0.39 is 10.0 Å². The highest BCUT2D eigenvalue weighted by atomic mass is 32.2. The van der Waals surface area contributed by atoms with Gasteiger partial charge in [0.2, 0.25) is 10.0 Å². The highest BCUT2D eigenvalue weighted by Crippen LogP contribution is 2.18. The van der Waals surface area contributed by atoms with E-state index in [9.17, 15) is 8.42 Å². The molecule has 4 nitrogen and oxygen atoms in total. The number of rotatable bonds is 5. The molecule has 0 bridgehead atoms. The van der Waals surface area contributed by atoms with Gasteiger partial charge in [-0.2, -0.15) is 0 Å². The predicted molar refractivity (Wildman–Crippen MR) is 77.7 cm³/mol. The van der Waals surface area contributed by atoms with Crippen molar-refractivity contribution in [1.82, 2.24) is 9.62 Å². The average Bonchev–Trinajstić information content (AvgIpc) is 2.37. The van der Waals surface area contributed by atoms with Gasteiger partial charge in [-0.25, -0.2) is 13.1 Å². The molecule has 2 aromatic rings. The molecule has 0 aliphatic heterocycles. The number of sulfonamides is 1. The molecule has 0 heterocycles. The van der Waals surface area contributed by atoms with Crippen molar-refractivity contribution in [1.29, 1.82) is 0 Å². The van der Waals surface area contributed by atoms with Crippen LogP contribution >= 0.6 is 0 Å². The van der Waals surface area contributed by atoms with Crippen LogP contribution in [0.25, 0.3) is 10.8 Å². The fourth-order valence-corrected chi connectivity index (χ4v) is 2.88. The SMILES string of the molecule is CN(C)CCNS(=O)(=O)c1ccc2ccccc2c1. The third-order valence-electron chi connectivity index (χ3n) is 2.88. The second kappa shape index (κ2) is 5.69. The molecule has 0 fully saturated rings. The average molecular weight is 278 g/mol. The highest BCUT2D eigenvalue weighted by Gasteiger charge is 2.13. The lowest BCUT2D eigenvalue weighted by molar-refractivity contribution is 0.412. The molecular weight excluding hydrogens is 260 g/mol. The summed E-state index contributed by atoms with van der Waals surface area (Å²) in [5.41, 5.74) is 0. The minimum atomic E-state index is -3.42. The third kappa shape index (κ3) is 3.53. The van der Waals surface area contributed by atoms with Crippen molar-refractivity contribution in [2.75, 3.05) is 27.2 Å². The van der Waals surface area contributed by atoms with Gasteiger partial charge in [0.05, 0.1) is 4.90 Å². The Morgan fingerprint density at radius 1 is 1.05 bits per heavy atom. The molecule has 1 N–H and O–H groups in total. The van der Waals surface area contributed by atoms with E-state index in [1.54, 1.807) is 12.1 Å². The summed E-state index contributed by atoms with van der Waals surface area (Å²) in [5, 5.41) is 1.97. The number of likely N-dealkylation sites (N-methyl/N-ethyl adjacent to an activating group) is 1. The van der Waals surface area contributed by atoms with E-state index in [2.05, 4.69) is 4.72 Å². The van der Waals surface area contributed by atoms with Gasteiger partial charge in [-0.3, -0.25) is 0 Å². The van der Waals surface area contributed by atoms with Gasteiger partial charge in [0.25, 0.3) is 0 Å². The predicted octanol–water partition coefficient (Wildman–Crippen LogP) is 1.68. The van der Waals surface area contributed by atoms with Crippen molar-refractivity contribution in [3.05, 3.63) is 42.5 Å². The molecule has 2 aromatic carbocycles. The normalized spacial score (nSPS) is 12.2. The lowest BCUT2D eigenvalue weighted by Crippen LogP contribution is -2.31. The fourth-order valence-electron chi connectivity index (χ4n) is 1.82. The number of nitrogens with one attached hydrogen (secondary N) is 1. The largest absolute Gasteiger partial charge is 0.308 e. The number of fused-ring (bicyclic) bond motifs is 1. The smallest absolute Gasteiger partial charge is 0.240 e. The van der Waals surface area contributed by atoms with Gasteiger partial charge in [-0.05, 0) is 37.0 Å². The molecule has 0 saturated carbocycles. The zero-order valence-electron chi connectivity index (χ0n) is 11.1. The van der Waals surface area contributed by atoms with E-state index in [-0.39, 0.29) is 0 Å². The lowest BCUT2D eigenvalue weighted by atomic mass is 10.1. The number of hydrogen-bond acceptors (Lipinski definition) is 3. The van der Waals surface area contributed by atoms with Crippen LogP contribution in [0.15, 0.2) is 47.4 Å². The van der Waals surface area contributed by atoms with Crippen LogP contribution in [-0.2, 0) is 10.0 Å². The molecule has 2 rings (SSSR count). The summed E-state index contributed by atoms with van der Waals surface area (Å²) < 4.78 is 26.9. The van der Waals surface area contributed by atoms with Gasteiger partial charge < -0.3 is 4.90 Å². The zero-order valence-corrected chi connectivity index (χ0v) is 11.9. The van der Waals surface area contributed by atoms with Crippen LogP contribution in [0.3, 0.4) is 0 Å². The maximum Gasteiger partial charge on any atom is 0.240 e. The van der Waals surface area contributed by atoms with E-state index in [0.29, 0.717) is 18.0 Å². The van der Waals surface area contributed by atoms with Gasteiger partial charge in [-0.1, -0.05) is 30.3 Å². The van der Waals surface area contributed by atoms with E-state index in [1.165, 1.54) is 0 Å². The van der Waals surface area contributed by atoms with Crippen LogP contribution < -0.4 is 4.72 Å². The molecule has 0 radical (unpaired) electrons. The maximum atomic E-state index is 12.1. The van der Waals surface area contributed by atoms with Gasteiger partial charge in [0, 0.05) is 13.1 Å². The monoisotopic (exact) mass is 278 g/mol. The number of benzene rings is 2. The van der Waals surface area contributed by atoms with Crippen molar-refractivity contribution >= 4 is 20.8 Å². The minimum Gasteiger partial charge on any atom is -0.308 e. The first-order valence-electron chi connectivity index (χ1n) is 6.12. The van der Waals surface area contributed by atoms with Crippen molar-refractivity contribution in [2.45, 2.75) is 4.90 Å². The van der Waals surface area contributed by atoms with E-state index in [1.807, 2.05) is 49.3 Å². The summed E-state index contributed by atoms with van der Waals surface area (Å²) in [6.45, 7) is 1.08. The molecule has 0 spiro atoms. The first-order valence-corrected chi connectivity index (χ1v) is 7.60. The van der Waals surface area contributed by atoms with Crippen LogP contribution in [0, 0.1) is 0 Å². The molecule has 0 atom stereocenters. The molecule has 0 aliphatic rings. The Morgan fingerprint density at radius 3 is 2.42 bits per heavy atom. The summed E-state index contributed by atoms with van der Waals surface area (Å²) >= 11 is 0. The van der Waals surface area contributed by atoms with Crippen molar-refractivity contribution in [3.63, 3.8) is 0 Å². The fraction of sp³-hybridized carbons (Fsp3) is 0.286. The van der Waals surface area contributed by atoms with Crippen LogP contribution in [0.4, 0.5) is 0 Å². The van der Waals surface area contributed by atoms with Crippen LogP contribution in [0.1, 0.15) is 0 Å². The van der Waals surface area contributed by atoms with Crippen molar-refractivity contribution in [3.8, 4) is 0 Å². The third-order valence-corrected chi connectivity index (χ3v) is 4.34. The second-order valence-electron chi connectivity index (χ2n) is 4.71. The number of nitrogens with zero attached hydrogens (tertiary/aromatic N) is 1. The van der Waals surface area contributed by atoms with E-state index in [0.717, 1.165) is 10.8 Å². The molecule has 0 aromatic heterocycles. The molecule has 0 unspecified atom stereocenters. The van der Waals surface area contributed by atoms with Gasteiger partial charge >= 0.3 is 0 Å².